The number of hydrogen-bond donors (Lipinski definition) is 2. The maximum atomic E-state index is 9.81. The lowest BCUT2D eigenvalue weighted by Crippen LogP contribution is -2.60. The minimum atomic E-state index is 0.269. The van der Waals surface area contributed by atoms with Crippen molar-refractivity contribution >= 4 is 5.69 Å². The molecule has 30 heavy (non-hydrogen) atoms. The molecule has 0 amide bonds. The van der Waals surface area contributed by atoms with E-state index in [4.69, 9.17) is 0 Å². The highest BCUT2D eigenvalue weighted by atomic mass is 16.3. The van der Waals surface area contributed by atoms with E-state index >= 15 is 0 Å². The Bertz CT molecular complexity index is 808. The van der Waals surface area contributed by atoms with Crippen molar-refractivity contribution in [2.75, 3.05) is 25.0 Å². The fourth-order valence-electron chi connectivity index (χ4n) is 6.34. The number of anilines is 1. The SMILES string of the molecule is CCNc1cccc(C23CCCC(C2C)N(C(CCO)Cc2ccccc2)CC3)c1. The molecule has 2 aromatic carbocycles. The first kappa shape index (κ1) is 21.4. The highest BCUT2D eigenvalue weighted by Gasteiger charge is 2.50. The number of hydrogen-bond acceptors (Lipinski definition) is 3. The molecule has 1 heterocycles. The zero-order valence-corrected chi connectivity index (χ0v) is 18.7. The van der Waals surface area contributed by atoms with Crippen molar-refractivity contribution in [3.05, 3.63) is 65.7 Å². The highest BCUT2D eigenvalue weighted by molar-refractivity contribution is 5.48. The van der Waals surface area contributed by atoms with E-state index in [1.807, 2.05) is 0 Å². The molecular formula is C27H38N2O. The standard InChI is InChI=1S/C27H38N2O/c1-3-28-24-12-7-11-23(20-24)27-15-8-13-26(21(27)2)29(17-16-27)25(14-18-30)19-22-9-5-4-6-10-22/h4-7,9-12,20-21,25-26,28,30H,3,8,13-19H2,1-2H3. The lowest BCUT2D eigenvalue weighted by atomic mass is 9.57. The monoisotopic (exact) mass is 406 g/mol. The van der Waals surface area contributed by atoms with Gasteiger partial charge in [0.1, 0.15) is 0 Å². The second-order valence-electron chi connectivity index (χ2n) is 9.36. The van der Waals surface area contributed by atoms with Crippen molar-refractivity contribution in [2.24, 2.45) is 5.92 Å². The summed E-state index contributed by atoms with van der Waals surface area (Å²) in [6, 6.07) is 21.0. The van der Waals surface area contributed by atoms with Crippen LogP contribution >= 0.6 is 0 Å². The summed E-state index contributed by atoms with van der Waals surface area (Å²) in [6.07, 6.45) is 7.00. The quantitative estimate of drug-likeness (QED) is 0.629. The van der Waals surface area contributed by atoms with Crippen molar-refractivity contribution in [2.45, 2.75) is 69.9 Å². The number of nitrogens with one attached hydrogen (secondary N) is 1. The van der Waals surface area contributed by atoms with Gasteiger partial charge in [0.2, 0.25) is 0 Å². The first-order valence-electron chi connectivity index (χ1n) is 11.9. The summed E-state index contributed by atoms with van der Waals surface area (Å²) in [5, 5.41) is 13.3. The summed E-state index contributed by atoms with van der Waals surface area (Å²) in [4.78, 5) is 2.76. The van der Waals surface area contributed by atoms with Crippen LogP contribution < -0.4 is 5.32 Å². The Balaban J connectivity index is 1.58. The minimum Gasteiger partial charge on any atom is -0.396 e. The molecule has 4 rings (SSSR count). The number of rotatable bonds is 8. The number of aliphatic hydroxyl groups excluding tert-OH is 1. The maximum Gasteiger partial charge on any atom is 0.0446 e. The van der Waals surface area contributed by atoms with Crippen LogP contribution in [0.2, 0.25) is 0 Å². The van der Waals surface area contributed by atoms with E-state index in [0.29, 0.717) is 23.4 Å². The van der Waals surface area contributed by atoms with Gasteiger partial charge in [0, 0.05) is 36.3 Å². The van der Waals surface area contributed by atoms with E-state index in [2.05, 4.69) is 78.7 Å². The number of fused-ring (bicyclic) bond motifs is 2. The van der Waals surface area contributed by atoms with E-state index < -0.39 is 0 Å². The van der Waals surface area contributed by atoms with E-state index in [1.54, 1.807) is 0 Å². The van der Waals surface area contributed by atoms with Crippen LogP contribution in [0, 0.1) is 5.92 Å². The maximum absolute atomic E-state index is 9.81. The van der Waals surface area contributed by atoms with Crippen LogP contribution in [0.4, 0.5) is 5.69 Å². The summed E-state index contributed by atoms with van der Waals surface area (Å²) < 4.78 is 0. The topological polar surface area (TPSA) is 35.5 Å². The molecule has 3 nitrogen and oxygen atoms in total. The summed E-state index contributed by atoms with van der Waals surface area (Å²) >= 11 is 0. The predicted molar refractivity (Wildman–Crippen MR) is 126 cm³/mol. The molecule has 1 aliphatic heterocycles. The molecule has 2 bridgehead atoms. The molecule has 162 valence electrons. The Morgan fingerprint density at radius 2 is 1.97 bits per heavy atom. The van der Waals surface area contributed by atoms with E-state index in [1.165, 1.54) is 42.5 Å². The second-order valence-corrected chi connectivity index (χ2v) is 9.36. The van der Waals surface area contributed by atoms with Crippen molar-refractivity contribution in [1.29, 1.82) is 0 Å². The van der Waals surface area contributed by atoms with E-state index in [0.717, 1.165) is 25.9 Å². The largest absolute Gasteiger partial charge is 0.396 e. The fraction of sp³-hybridized carbons (Fsp3) is 0.556. The number of likely N-dealkylation sites (tertiary alicyclic amines) is 1. The van der Waals surface area contributed by atoms with Crippen LogP contribution in [0.25, 0.3) is 0 Å². The van der Waals surface area contributed by atoms with Crippen LogP contribution in [-0.2, 0) is 11.8 Å². The van der Waals surface area contributed by atoms with Crippen LogP contribution in [0.5, 0.6) is 0 Å². The average Bonchev–Trinajstić information content (AvgIpc) is 2.75. The van der Waals surface area contributed by atoms with E-state index in [9.17, 15) is 5.11 Å². The van der Waals surface area contributed by atoms with Crippen molar-refractivity contribution in [3.63, 3.8) is 0 Å². The van der Waals surface area contributed by atoms with Crippen molar-refractivity contribution < 1.29 is 5.11 Å². The second kappa shape index (κ2) is 9.53. The molecule has 2 aliphatic rings. The smallest absolute Gasteiger partial charge is 0.0446 e. The van der Waals surface area contributed by atoms with Gasteiger partial charge in [-0.1, -0.05) is 55.8 Å². The first-order valence-corrected chi connectivity index (χ1v) is 11.9. The number of nitrogens with zero attached hydrogens (tertiary/aromatic N) is 1. The molecular weight excluding hydrogens is 368 g/mol. The molecule has 4 unspecified atom stereocenters. The zero-order valence-electron chi connectivity index (χ0n) is 18.7. The Kier molecular flexibility index (Phi) is 6.80. The molecule has 2 aromatic rings. The number of piperidine rings is 1. The van der Waals surface area contributed by atoms with E-state index in [-0.39, 0.29) is 6.61 Å². The molecule has 4 atom stereocenters. The Morgan fingerprint density at radius 3 is 2.73 bits per heavy atom. The summed E-state index contributed by atoms with van der Waals surface area (Å²) in [5.74, 6) is 0.633. The molecule has 1 saturated carbocycles. The third-order valence-corrected chi connectivity index (χ3v) is 7.88. The van der Waals surface area contributed by atoms with Crippen LogP contribution in [0.3, 0.4) is 0 Å². The van der Waals surface area contributed by atoms with Gasteiger partial charge in [0.25, 0.3) is 0 Å². The number of aliphatic hydroxyl groups is 1. The van der Waals surface area contributed by atoms with Gasteiger partial charge < -0.3 is 10.4 Å². The van der Waals surface area contributed by atoms with Crippen LogP contribution in [-0.4, -0.2) is 41.8 Å². The third-order valence-electron chi connectivity index (χ3n) is 7.88. The third kappa shape index (κ3) is 4.15. The fourth-order valence-corrected chi connectivity index (χ4v) is 6.34. The lowest BCUT2D eigenvalue weighted by molar-refractivity contribution is -0.0323. The van der Waals surface area contributed by atoms with Crippen molar-refractivity contribution in [1.82, 2.24) is 4.90 Å². The van der Waals surface area contributed by atoms with Gasteiger partial charge in [-0.15, -0.1) is 0 Å². The Hall–Kier alpha value is -1.84. The summed E-state index contributed by atoms with van der Waals surface area (Å²) in [6.45, 7) is 7.03. The normalized spacial score (nSPS) is 27.6. The van der Waals surface area contributed by atoms with Gasteiger partial charge >= 0.3 is 0 Å². The van der Waals surface area contributed by atoms with Gasteiger partial charge in [0.15, 0.2) is 0 Å². The lowest BCUT2D eigenvalue weighted by Gasteiger charge is -2.57. The molecule has 0 radical (unpaired) electrons. The zero-order chi connectivity index (χ0) is 21.0. The molecule has 3 heteroatoms. The Labute approximate surface area is 182 Å². The summed E-state index contributed by atoms with van der Waals surface area (Å²) in [7, 11) is 0. The molecule has 1 saturated heterocycles. The average molecular weight is 407 g/mol. The summed E-state index contributed by atoms with van der Waals surface area (Å²) in [5.41, 5.74) is 4.46. The first-order chi connectivity index (χ1) is 14.7. The highest BCUT2D eigenvalue weighted by Crippen LogP contribution is 2.51. The Morgan fingerprint density at radius 1 is 1.13 bits per heavy atom. The van der Waals surface area contributed by atoms with Gasteiger partial charge in [-0.05, 0) is 74.8 Å². The molecule has 2 N–H and O–H groups in total. The van der Waals surface area contributed by atoms with Crippen LogP contribution in [0.15, 0.2) is 54.6 Å². The van der Waals surface area contributed by atoms with Gasteiger partial charge in [-0.25, -0.2) is 0 Å². The van der Waals surface area contributed by atoms with Crippen LogP contribution in [0.1, 0.15) is 57.1 Å². The predicted octanol–water partition coefficient (Wildman–Crippen LogP) is 5.24. The van der Waals surface area contributed by atoms with Crippen molar-refractivity contribution in [3.8, 4) is 0 Å². The van der Waals surface area contributed by atoms with Gasteiger partial charge in [0.05, 0.1) is 0 Å². The molecule has 2 fully saturated rings. The molecule has 0 aromatic heterocycles. The van der Waals surface area contributed by atoms with Gasteiger partial charge in [-0.3, -0.25) is 4.90 Å². The number of benzene rings is 2. The molecule has 0 spiro atoms. The minimum absolute atomic E-state index is 0.269. The molecule has 1 aliphatic carbocycles. The van der Waals surface area contributed by atoms with Gasteiger partial charge in [-0.2, -0.15) is 0 Å².